The predicted octanol–water partition coefficient (Wildman–Crippen LogP) is 11.6. The van der Waals surface area contributed by atoms with Crippen LogP contribution in [0.5, 0.6) is 0 Å². The molecule has 0 aliphatic rings. The molecule has 9 rings (SSSR count). The van der Waals surface area contributed by atoms with Crippen LogP contribution in [-0.4, -0.2) is 14.5 Å². The molecule has 0 unspecified atom stereocenters. The van der Waals surface area contributed by atoms with Crippen molar-refractivity contribution in [3.63, 3.8) is 0 Å². The number of thiophene rings is 1. The maximum atomic E-state index is 5.08. The van der Waals surface area contributed by atoms with Crippen molar-refractivity contribution in [3.05, 3.63) is 151 Å². The Labute approximate surface area is 271 Å². The molecule has 3 aromatic heterocycles. The van der Waals surface area contributed by atoms with E-state index in [1.807, 2.05) is 11.3 Å². The van der Waals surface area contributed by atoms with Gasteiger partial charge in [0.15, 0.2) is 5.82 Å². The minimum Gasteiger partial charge on any atom is -0.309 e. The topological polar surface area (TPSA) is 30.7 Å². The Balaban J connectivity index is 1.20. The standard InChI is InChI=1S/C42H29N3S/c1-26-11-15-28(16-12-26)35-25-36(29-17-13-27(2)14-18-29)44-42(43-35)30-19-21-31(22-20-30)45-37-9-5-3-8-34(37)40-38(45)24-23-33-32-7-4-6-10-39(32)46-41(33)40/h3-25H,1-2H3. The molecule has 0 N–H and O–H groups in total. The maximum absolute atomic E-state index is 5.08. The number of rotatable bonds is 4. The summed E-state index contributed by atoms with van der Waals surface area (Å²) in [4.78, 5) is 10.2. The molecule has 0 spiro atoms. The lowest BCUT2D eigenvalue weighted by Crippen LogP contribution is -1.97. The van der Waals surface area contributed by atoms with Gasteiger partial charge in [-0.05, 0) is 62.4 Å². The quantitative estimate of drug-likeness (QED) is 0.199. The Bertz CT molecular complexity index is 2510. The average molecular weight is 608 g/mol. The SMILES string of the molecule is Cc1ccc(-c2cc(-c3ccc(C)cc3)nc(-c3ccc(-n4c5ccccc5c5c6sc7ccccc7c6ccc54)cc3)n2)cc1. The van der Waals surface area contributed by atoms with E-state index in [1.165, 1.54) is 53.1 Å². The van der Waals surface area contributed by atoms with E-state index in [0.717, 1.165) is 39.6 Å². The first-order chi connectivity index (χ1) is 22.6. The summed E-state index contributed by atoms with van der Waals surface area (Å²) < 4.78 is 5.05. The second-order valence-electron chi connectivity index (χ2n) is 12.0. The highest BCUT2D eigenvalue weighted by molar-refractivity contribution is 7.26. The van der Waals surface area contributed by atoms with Crippen molar-refractivity contribution in [2.24, 2.45) is 0 Å². The summed E-state index contributed by atoms with van der Waals surface area (Å²) >= 11 is 1.88. The third kappa shape index (κ3) is 4.33. The van der Waals surface area contributed by atoms with E-state index in [-0.39, 0.29) is 0 Å². The Morgan fingerprint density at radius 2 is 1.09 bits per heavy atom. The number of nitrogens with zero attached hydrogens (tertiary/aromatic N) is 3. The van der Waals surface area contributed by atoms with Crippen molar-refractivity contribution in [1.82, 2.24) is 14.5 Å². The molecule has 3 heterocycles. The predicted molar refractivity (Wildman–Crippen MR) is 195 cm³/mol. The Morgan fingerprint density at radius 3 is 1.76 bits per heavy atom. The molecule has 0 radical (unpaired) electrons. The molecule has 46 heavy (non-hydrogen) atoms. The van der Waals surface area contributed by atoms with Gasteiger partial charge in [-0.1, -0.05) is 102 Å². The van der Waals surface area contributed by atoms with Crippen LogP contribution in [0.3, 0.4) is 0 Å². The smallest absolute Gasteiger partial charge is 0.160 e. The van der Waals surface area contributed by atoms with Crippen LogP contribution < -0.4 is 0 Å². The first kappa shape index (κ1) is 26.8. The summed E-state index contributed by atoms with van der Waals surface area (Å²) in [6.45, 7) is 4.22. The third-order valence-corrected chi connectivity index (χ3v) is 10.2. The zero-order valence-corrected chi connectivity index (χ0v) is 26.3. The maximum Gasteiger partial charge on any atom is 0.160 e. The number of benzene rings is 6. The summed E-state index contributed by atoms with van der Waals surface area (Å²) in [5, 5.41) is 5.23. The van der Waals surface area contributed by atoms with Crippen molar-refractivity contribution in [3.8, 4) is 39.6 Å². The third-order valence-electron chi connectivity index (χ3n) is 8.98. The Morgan fingerprint density at radius 1 is 0.500 bits per heavy atom. The molecular formula is C42H29N3S. The summed E-state index contributed by atoms with van der Waals surface area (Å²) in [5.41, 5.74) is 11.0. The highest BCUT2D eigenvalue weighted by Crippen LogP contribution is 2.43. The zero-order chi connectivity index (χ0) is 30.8. The van der Waals surface area contributed by atoms with Gasteiger partial charge in [0.25, 0.3) is 0 Å². The van der Waals surface area contributed by atoms with E-state index < -0.39 is 0 Å². The van der Waals surface area contributed by atoms with Crippen molar-refractivity contribution in [2.75, 3.05) is 0 Å². The first-order valence-electron chi connectivity index (χ1n) is 15.6. The number of para-hydroxylation sites is 1. The van der Waals surface area contributed by atoms with E-state index in [4.69, 9.17) is 9.97 Å². The van der Waals surface area contributed by atoms with Crippen molar-refractivity contribution < 1.29 is 0 Å². The fourth-order valence-corrected chi connectivity index (χ4v) is 7.85. The van der Waals surface area contributed by atoms with Gasteiger partial charge in [0.2, 0.25) is 0 Å². The van der Waals surface area contributed by atoms with Gasteiger partial charge in [0.1, 0.15) is 0 Å². The lowest BCUT2D eigenvalue weighted by molar-refractivity contribution is 1.16. The van der Waals surface area contributed by atoms with Gasteiger partial charge in [0, 0.05) is 53.3 Å². The Kier molecular flexibility index (Phi) is 6.12. The lowest BCUT2D eigenvalue weighted by atomic mass is 10.0. The minimum atomic E-state index is 0.717. The molecule has 0 atom stereocenters. The Hall–Kier alpha value is -5.58. The summed E-state index contributed by atoms with van der Waals surface area (Å²) in [6.07, 6.45) is 0. The van der Waals surface area contributed by atoms with Crippen LogP contribution in [0.1, 0.15) is 11.1 Å². The molecular weight excluding hydrogens is 579 g/mol. The van der Waals surface area contributed by atoms with Gasteiger partial charge in [-0.2, -0.15) is 0 Å². The molecule has 4 heteroatoms. The van der Waals surface area contributed by atoms with Crippen LogP contribution >= 0.6 is 11.3 Å². The molecule has 3 nitrogen and oxygen atoms in total. The van der Waals surface area contributed by atoms with Gasteiger partial charge in [0.05, 0.1) is 22.4 Å². The lowest BCUT2D eigenvalue weighted by Gasteiger charge is -2.11. The van der Waals surface area contributed by atoms with Crippen LogP contribution in [0.15, 0.2) is 140 Å². The van der Waals surface area contributed by atoms with Crippen molar-refractivity contribution in [1.29, 1.82) is 0 Å². The minimum absolute atomic E-state index is 0.717. The molecule has 218 valence electrons. The van der Waals surface area contributed by atoms with Gasteiger partial charge >= 0.3 is 0 Å². The van der Waals surface area contributed by atoms with Gasteiger partial charge in [-0.3, -0.25) is 0 Å². The first-order valence-corrected chi connectivity index (χ1v) is 16.4. The van der Waals surface area contributed by atoms with Crippen LogP contribution in [0, 0.1) is 13.8 Å². The second kappa shape index (κ2) is 10.5. The van der Waals surface area contributed by atoms with Crippen molar-refractivity contribution in [2.45, 2.75) is 13.8 Å². The number of aryl methyl sites for hydroxylation is 2. The highest BCUT2D eigenvalue weighted by Gasteiger charge is 2.18. The molecule has 0 amide bonds. The fraction of sp³-hybridized carbons (Fsp3) is 0.0476. The van der Waals surface area contributed by atoms with Gasteiger partial charge < -0.3 is 4.57 Å². The molecule has 0 saturated carbocycles. The molecule has 9 aromatic rings. The largest absolute Gasteiger partial charge is 0.309 e. The van der Waals surface area contributed by atoms with E-state index in [0.29, 0.717) is 0 Å². The summed E-state index contributed by atoms with van der Waals surface area (Å²) in [7, 11) is 0. The van der Waals surface area contributed by atoms with E-state index in [9.17, 15) is 0 Å². The molecule has 6 aromatic carbocycles. The van der Waals surface area contributed by atoms with E-state index >= 15 is 0 Å². The van der Waals surface area contributed by atoms with E-state index in [2.05, 4.69) is 158 Å². The van der Waals surface area contributed by atoms with Crippen LogP contribution in [0.4, 0.5) is 0 Å². The summed E-state index contributed by atoms with van der Waals surface area (Å²) in [6, 6.07) is 49.9. The average Bonchev–Trinajstić information content (AvgIpc) is 3.65. The van der Waals surface area contributed by atoms with Gasteiger partial charge in [-0.25, -0.2) is 9.97 Å². The van der Waals surface area contributed by atoms with Crippen molar-refractivity contribution >= 4 is 53.3 Å². The summed E-state index contributed by atoms with van der Waals surface area (Å²) in [5.74, 6) is 0.717. The molecule has 0 fully saturated rings. The number of hydrogen-bond acceptors (Lipinski definition) is 3. The molecule has 0 aliphatic carbocycles. The number of hydrogen-bond donors (Lipinski definition) is 0. The second-order valence-corrected chi connectivity index (χ2v) is 13.1. The van der Waals surface area contributed by atoms with Crippen LogP contribution in [-0.2, 0) is 0 Å². The van der Waals surface area contributed by atoms with Gasteiger partial charge in [-0.15, -0.1) is 11.3 Å². The van der Waals surface area contributed by atoms with Crippen LogP contribution in [0.2, 0.25) is 0 Å². The molecule has 0 aliphatic heterocycles. The monoisotopic (exact) mass is 607 g/mol. The highest BCUT2D eigenvalue weighted by atomic mass is 32.1. The zero-order valence-electron chi connectivity index (χ0n) is 25.5. The fourth-order valence-electron chi connectivity index (χ4n) is 6.59. The number of aromatic nitrogens is 3. The molecule has 0 saturated heterocycles. The molecule has 0 bridgehead atoms. The van der Waals surface area contributed by atoms with Crippen LogP contribution in [0.25, 0.3) is 81.6 Å². The van der Waals surface area contributed by atoms with E-state index in [1.54, 1.807) is 0 Å². The normalized spacial score (nSPS) is 11.7. The number of fused-ring (bicyclic) bond motifs is 7.